The van der Waals surface area contributed by atoms with Gasteiger partial charge in [-0.2, -0.15) is 0 Å². The van der Waals surface area contributed by atoms with E-state index in [1.807, 2.05) is 12.1 Å². The van der Waals surface area contributed by atoms with Crippen LogP contribution < -0.4 is 5.32 Å². The summed E-state index contributed by atoms with van der Waals surface area (Å²) in [7, 11) is 0. The van der Waals surface area contributed by atoms with Crippen molar-refractivity contribution in [2.45, 2.75) is 25.0 Å². The lowest BCUT2D eigenvalue weighted by atomic mass is 9.96. The lowest BCUT2D eigenvalue weighted by Gasteiger charge is -2.27. The Morgan fingerprint density at radius 2 is 2.07 bits per heavy atom. The molecule has 1 fully saturated rings. The molecule has 2 N–H and O–H groups in total. The van der Waals surface area contributed by atoms with E-state index in [-0.39, 0.29) is 6.10 Å². The van der Waals surface area contributed by atoms with Gasteiger partial charge in [0, 0.05) is 17.1 Å². The van der Waals surface area contributed by atoms with Crippen LogP contribution in [0.2, 0.25) is 0 Å². The third-order valence-corrected chi connectivity index (χ3v) is 3.39. The molecule has 1 aromatic carbocycles. The Kier molecular flexibility index (Phi) is 3.21. The van der Waals surface area contributed by atoms with Crippen LogP contribution in [-0.2, 0) is 0 Å². The van der Waals surface area contributed by atoms with Crippen LogP contribution in [0.1, 0.15) is 24.4 Å². The maximum absolute atomic E-state index is 9.37. The number of aliphatic hydroxyl groups excluding tert-OH is 1. The zero-order valence-electron chi connectivity index (χ0n) is 7.91. The maximum Gasteiger partial charge on any atom is 0.0665 e. The number of benzene rings is 1. The summed E-state index contributed by atoms with van der Waals surface area (Å²) in [5, 5.41) is 12.7. The number of β-amino-alcohol motifs (C(OH)–C–C–N with tert-alkyl or cyclic N) is 1. The molecule has 0 spiro atoms. The summed E-state index contributed by atoms with van der Waals surface area (Å²) < 4.78 is 1.15. The summed E-state index contributed by atoms with van der Waals surface area (Å²) in [6, 6.07) is 8.63. The second kappa shape index (κ2) is 4.43. The molecule has 2 nitrogen and oxygen atoms in total. The molecular formula is C11H14BrNO. The zero-order valence-corrected chi connectivity index (χ0v) is 9.50. The smallest absolute Gasteiger partial charge is 0.0665 e. The van der Waals surface area contributed by atoms with Crippen molar-refractivity contribution in [2.75, 3.05) is 6.54 Å². The monoisotopic (exact) mass is 255 g/mol. The Morgan fingerprint density at radius 1 is 1.29 bits per heavy atom. The average Bonchev–Trinajstić information content (AvgIpc) is 2.20. The van der Waals surface area contributed by atoms with E-state index in [0.717, 1.165) is 17.3 Å². The molecule has 2 unspecified atom stereocenters. The standard InChI is InChI=1S/C11H14BrNO/c12-10-4-2-1-3-9(10)11-6-5-8(14)7-13-11/h1-4,8,11,13-14H,5-7H2. The molecule has 0 radical (unpaired) electrons. The number of piperidine rings is 1. The Bertz CT molecular complexity index is 308. The fraction of sp³-hybridized carbons (Fsp3) is 0.455. The first-order valence-corrected chi connectivity index (χ1v) is 5.72. The predicted molar refractivity (Wildman–Crippen MR) is 60.1 cm³/mol. The van der Waals surface area contributed by atoms with Crippen molar-refractivity contribution in [3.63, 3.8) is 0 Å². The van der Waals surface area contributed by atoms with E-state index < -0.39 is 0 Å². The SMILES string of the molecule is OC1CCC(c2ccccc2Br)NC1. The normalized spacial score (nSPS) is 27.6. The predicted octanol–water partition coefficient (Wildman–Crippen LogP) is 2.23. The van der Waals surface area contributed by atoms with Crippen molar-refractivity contribution in [3.8, 4) is 0 Å². The van der Waals surface area contributed by atoms with Crippen LogP contribution in [0.5, 0.6) is 0 Å². The van der Waals surface area contributed by atoms with Crippen LogP contribution in [0.4, 0.5) is 0 Å². The second-order valence-corrected chi connectivity index (χ2v) is 4.57. The van der Waals surface area contributed by atoms with Gasteiger partial charge in [0.25, 0.3) is 0 Å². The summed E-state index contributed by atoms with van der Waals surface area (Å²) in [6.45, 7) is 0.700. The van der Waals surface area contributed by atoms with Crippen molar-refractivity contribution in [1.82, 2.24) is 5.32 Å². The van der Waals surface area contributed by atoms with E-state index in [9.17, 15) is 5.11 Å². The number of hydrogen-bond donors (Lipinski definition) is 2. The minimum absolute atomic E-state index is 0.172. The highest BCUT2D eigenvalue weighted by Gasteiger charge is 2.20. The zero-order chi connectivity index (χ0) is 9.97. The number of rotatable bonds is 1. The summed E-state index contributed by atoms with van der Waals surface area (Å²) in [6.07, 6.45) is 1.72. The van der Waals surface area contributed by atoms with Gasteiger partial charge in [0.05, 0.1) is 6.10 Å². The van der Waals surface area contributed by atoms with E-state index in [1.54, 1.807) is 0 Å². The van der Waals surface area contributed by atoms with Gasteiger partial charge in [-0.1, -0.05) is 34.1 Å². The van der Waals surface area contributed by atoms with Crippen LogP contribution in [0.25, 0.3) is 0 Å². The highest BCUT2D eigenvalue weighted by molar-refractivity contribution is 9.10. The van der Waals surface area contributed by atoms with Gasteiger partial charge in [0.15, 0.2) is 0 Å². The fourth-order valence-electron chi connectivity index (χ4n) is 1.86. The van der Waals surface area contributed by atoms with Crippen LogP contribution >= 0.6 is 15.9 Å². The molecule has 76 valence electrons. The summed E-state index contributed by atoms with van der Waals surface area (Å²) in [4.78, 5) is 0. The molecule has 0 bridgehead atoms. The molecule has 1 heterocycles. The first kappa shape index (κ1) is 10.1. The van der Waals surface area contributed by atoms with Gasteiger partial charge in [-0.25, -0.2) is 0 Å². The Balaban J connectivity index is 2.12. The van der Waals surface area contributed by atoms with E-state index in [0.29, 0.717) is 12.6 Å². The molecule has 0 aliphatic carbocycles. The molecular weight excluding hydrogens is 242 g/mol. The third kappa shape index (κ3) is 2.16. The van der Waals surface area contributed by atoms with Gasteiger partial charge in [0.1, 0.15) is 0 Å². The highest BCUT2D eigenvalue weighted by atomic mass is 79.9. The number of aliphatic hydroxyl groups is 1. The number of nitrogens with one attached hydrogen (secondary N) is 1. The van der Waals surface area contributed by atoms with Crippen LogP contribution in [0.15, 0.2) is 28.7 Å². The van der Waals surface area contributed by atoms with Crippen LogP contribution in [0, 0.1) is 0 Å². The lowest BCUT2D eigenvalue weighted by molar-refractivity contribution is 0.126. The molecule has 3 heteroatoms. The van der Waals surface area contributed by atoms with Crippen molar-refractivity contribution in [3.05, 3.63) is 34.3 Å². The van der Waals surface area contributed by atoms with E-state index >= 15 is 0 Å². The largest absolute Gasteiger partial charge is 0.392 e. The van der Waals surface area contributed by atoms with Gasteiger partial charge in [0.2, 0.25) is 0 Å². The molecule has 2 atom stereocenters. The number of halogens is 1. The third-order valence-electron chi connectivity index (χ3n) is 2.67. The minimum atomic E-state index is -0.172. The van der Waals surface area contributed by atoms with E-state index in [4.69, 9.17) is 0 Å². The van der Waals surface area contributed by atoms with Gasteiger partial charge < -0.3 is 10.4 Å². The van der Waals surface area contributed by atoms with Gasteiger partial charge in [-0.05, 0) is 24.5 Å². The topological polar surface area (TPSA) is 32.3 Å². The summed E-state index contributed by atoms with van der Waals surface area (Å²) in [5.74, 6) is 0. The molecule has 1 aromatic rings. The van der Waals surface area contributed by atoms with Gasteiger partial charge in [-0.15, -0.1) is 0 Å². The Morgan fingerprint density at radius 3 is 2.71 bits per heavy atom. The van der Waals surface area contributed by atoms with Gasteiger partial charge in [-0.3, -0.25) is 0 Å². The highest BCUT2D eigenvalue weighted by Crippen LogP contribution is 2.28. The molecule has 14 heavy (non-hydrogen) atoms. The molecule has 2 rings (SSSR count). The van der Waals surface area contributed by atoms with Crippen LogP contribution in [0.3, 0.4) is 0 Å². The first-order chi connectivity index (χ1) is 6.77. The molecule has 1 saturated heterocycles. The van der Waals surface area contributed by atoms with Crippen molar-refractivity contribution in [1.29, 1.82) is 0 Å². The average molecular weight is 256 g/mol. The van der Waals surface area contributed by atoms with E-state index in [1.165, 1.54) is 5.56 Å². The second-order valence-electron chi connectivity index (χ2n) is 3.71. The molecule has 0 amide bonds. The van der Waals surface area contributed by atoms with Crippen molar-refractivity contribution in [2.24, 2.45) is 0 Å². The lowest BCUT2D eigenvalue weighted by Crippen LogP contribution is -2.36. The summed E-state index contributed by atoms with van der Waals surface area (Å²) in [5.41, 5.74) is 1.29. The minimum Gasteiger partial charge on any atom is -0.392 e. The van der Waals surface area contributed by atoms with Crippen molar-refractivity contribution < 1.29 is 5.11 Å². The van der Waals surface area contributed by atoms with Gasteiger partial charge >= 0.3 is 0 Å². The number of hydrogen-bond acceptors (Lipinski definition) is 2. The maximum atomic E-state index is 9.37. The Hall–Kier alpha value is -0.380. The van der Waals surface area contributed by atoms with Crippen molar-refractivity contribution >= 4 is 15.9 Å². The first-order valence-electron chi connectivity index (χ1n) is 4.93. The quantitative estimate of drug-likeness (QED) is 0.807. The van der Waals surface area contributed by atoms with E-state index in [2.05, 4.69) is 33.4 Å². The molecule has 1 aliphatic heterocycles. The van der Waals surface area contributed by atoms with Crippen LogP contribution in [-0.4, -0.2) is 17.8 Å². The molecule has 1 aliphatic rings. The molecule has 0 saturated carbocycles. The Labute approximate surface area is 92.5 Å². The molecule has 0 aromatic heterocycles. The fourth-order valence-corrected chi connectivity index (χ4v) is 2.43. The summed E-state index contributed by atoms with van der Waals surface area (Å²) >= 11 is 3.54.